The molecule has 0 bridgehead atoms. The average Bonchev–Trinajstić information content (AvgIpc) is 2.41. The molecule has 0 atom stereocenters. The van der Waals surface area contributed by atoms with Crippen molar-refractivity contribution in [3.05, 3.63) is 0 Å². The van der Waals surface area contributed by atoms with Crippen LogP contribution in [0.3, 0.4) is 0 Å². The number of hydrogen-bond acceptors (Lipinski definition) is 5. The van der Waals surface area contributed by atoms with Gasteiger partial charge in [-0.3, -0.25) is 9.11 Å². The topological polar surface area (TPSA) is 112 Å². The maximum atomic E-state index is 10.8. The zero-order chi connectivity index (χ0) is 17.8. The number of rotatable bonds is 15. The third-order valence-corrected chi connectivity index (χ3v) is 5.06. The lowest BCUT2D eigenvalue weighted by molar-refractivity contribution is 0.292. The first-order valence-electron chi connectivity index (χ1n) is 8.26. The molecule has 0 aromatic heterocycles. The molecule has 140 valence electrons. The van der Waals surface area contributed by atoms with Gasteiger partial charge in [-0.15, -0.1) is 0 Å². The largest absolute Gasteiger partial charge is 0.301 e. The Labute approximate surface area is 141 Å². The minimum absolute atomic E-state index is 0.0604. The highest BCUT2D eigenvalue weighted by Gasteiger charge is 2.13. The van der Waals surface area contributed by atoms with Gasteiger partial charge in [-0.1, -0.05) is 51.9 Å². The van der Waals surface area contributed by atoms with Gasteiger partial charge in [0.05, 0.1) is 11.5 Å². The van der Waals surface area contributed by atoms with Crippen LogP contribution in [0.4, 0.5) is 0 Å². The summed E-state index contributed by atoms with van der Waals surface area (Å²) >= 11 is 0. The second-order valence-electron chi connectivity index (χ2n) is 5.89. The average molecular weight is 374 g/mol. The molecule has 9 heteroatoms. The molecule has 0 saturated carbocycles. The Bertz CT molecular complexity index is 453. The van der Waals surface area contributed by atoms with Crippen molar-refractivity contribution >= 4 is 20.2 Å². The lowest BCUT2D eigenvalue weighted by Gasteiger charge is -2.20. The number of hydrogen-bond donors (Lipinski definition) is 2. The Balaban J connectivity index is 4.00. The van der Waals surface area contributed by atoms with E-state index in [2.05, 4.69) is 6.92 Å². The summed E-state index contributed by atoms with van der Waals surface area (Å²) in [5, 5.41) is 0. The van der Waals surface area contributed by atoms with Crippen LogP contribution in [0.5, 0.6) is 0 Å². The maximum Gasteiger partial charge on any atom is 0.266 e. The van der Waals surface area contributed by atoms with Crippen LogP contribution in [0.1, 0.15) is 58.3 Å². The van der Waals surface area contributed by atoms with E-state index in [0.29, 0.717) is 6.54 Å². The highest BCUT2D eigenvalue weighted by molar-refractivity contribution is 7.86. The van der Waals surface area contributed by atoms with E-state index in [-0.39, 0.29) is 13.1 Å². The summed E-state index contributed by atoms with van der Waals surface area (Å²) in [6.07, 6.45) is 9.08. The molecule has 0 aromatic rings. The van der Waals surface area contributed by atoms with Crippen LogP contribution in [0.15, 0.2) is 0 Å². The molecule has 0 heterocycles. The van der Waals surface area contributed by atoms with Crippen molar-refractivity contribution in [3.8, 4) is 0 Å². The third kappa shape index (κ3) is 18.0. The first-order valence-corrected chi connectivity index (χ1v) is 11.5. The summed E-state index contributed by atoms with van der Waals surface area (Å²) in [5.41, 5.74) is 0. The van der Waals surface area contributed by atoms with E-state index < -0.39 is 31.7 Å². The number of unbranched alkanes of at least 4 members (excludes halogenated alkanes) is 7. The van der Waals surface area contributed by atoms with Crippen molar-refractivity contribution in [2.24, 2.45) is 0 Å². The molecule has 0 fully saturated rings. The van der Waals surface area contributed by atoms with Crippen LogP contribution < -0.4 is 0 Å². The van der Waals surface area contributed by atoms with Crippen molar-refractivity contribution in [1.82, 2.24) is 4.90 Å². The zero-order valence-corrected chi connectivity index (χ0v) is 15.6. The first kappa shape index (κ1) is 22.8. The van der Waals surface area contributed by atoms with Gasteiger partial charge in [0.1, 0.15) is 0 Å². The zero-order valence-electron chi connectivity index (χ0n) is 14.0. The smallest absolute Gasteiger partial charge is 0.266 e. The third-order valence-electron chi connectivity index (χ3n) is 3.66. The second-order valence-corrected chi connectivity index (χ2v) is 9.03. The molecular weight excluding hydrogens is 342 g/mol. The Morgan fingerprint density at radius 3 is 1.43 bits per heavy atom. The predicted molar refractivity (Wildman–Crippen MR) is 91.9 cm³/mol. The second kappa shape index (κ2) is 12.2. The van der Waals surface area contributed by atoms with Crippen molar-refractivity contribution in [2.75, 3.05) is 31.1 Å². The molecule has 2 N–H and O–H groups in total. The molecule has 0 unspecified atom stereocenters. The van der Waals surface area contributed by atoms with E-state index >= 15 is 0 Å². The lowest BCUT2D eigenvalue weighted by Crippen LogP contribution is -2.34. The van der Waals surface area contributed by atoms with Gasteiger partial charge in [-0.05, 0) is 13.0 Å². The summed E-state index contributed by atoms with van der Waals surface area (Å²) in [6, 6.07) is 0. The highest BCUT2D eigenvalue weighted by Crippen LogP contribution is 2.09. The Morgan fingerprint density at radius 2 is 1.04 bits per heavy atom. The van der Waals surface area contributed by atoms with Crippen molar-refractivity contribution in [2.45, 2.75) is 58.3 Å². The van der Waals surface area contributed by atoms with Gasteiger partial charge in [-0.2, -0.15) is 16.8 Å². The molecule has 0 spiro atoms. The standard InChI is InChI=1S/C14H31NO6S2/c1-2-3-4-5-6-7-8-9-10-15(11-13-22(16,17)18)12-14-23(19,20)21/h2-14H2,1H3,(H,16,17,18)(H,19,20,21). The molecule has 0 radical (unpaired) electrons. The van der Waals surface area contributed by atoms with Crippen LogP contribution in [-0.4, -0.2) is 62.0 Å². The van der Waals surface area contributed by atoms with Gasteiger partial charge in [0.25, 0.3) is 20.2 Å². The first-order chi connectivity index (χ1) is 10.6. The van der Waals surface area contributed by atoms with Crippen molar-refractivity contribution in [3.63, 3.8) is 0 Å². The van der Waals surface area contributed by atoms with E-state index in [9.17, 15) is 16.8 Å². The van der Waals surface area contributed by atoms with Gasteiger partial charge in [-0.25, -0.2) is 0 Å². The van der Waals surface area contributed by atoms with Gasteiger partial charge < -0.3 is 4.90 Å². The van der Waals surface area contributed by atoms with Crippen molar-refractivity contribution < 1.29 is 25.9 Å². The molecule has 23 heavy (non-hydrogen) atoms. The molecule has 0 aliphatic rings. The Morgan fingerprint density at radius 1 is 0.652 bits per heavy atom. The van der Waals surface area contributed by atoms with Gasteiger partial charge in [0.2, 0.25) is 0 Å². The quantitative estimate of drug-likeness (QED) is 0.334. The fraction of sp³-hybridized carbons (Fsp3) is 1.00. The normalized spacial score (nSPS) is 12.9. The molecule has 0 aliphatic heterocycles. The van der Waals surface area contributed by atoms with E-state index in [4.69, 9.17) is 9.11 Å². The van der Waals surface area contributed by atoms with E-state index in [1.165, 1.54) is 32.1 Å². The fourth-order valence-electron chi connectivity index (χ4n) is 2.29. The minimum Gasteiger partial charge on any atom is -0.301 e. The summed E-state index contributed by atoms with van der Waals surface area (Å²) in [7, 11) is -8.15. The molecule has 0 rings (SSSR count). The summed E-state index contributed by atoms with van der Waals surface area (Å²) in [5.74, 6) is -0.870. The Kier molecular flexibility index (Phi) is 12.1. The van der Waals surface area contributed by atoms with Gasteiger partial charge in [0.15, 0.2) is 0 Å². The van der Waals surface area contributed by atoms with Gasteiger partial charge in [0, 0.05) is 13.1 Å². The molecule has 0 aromatic carbocycles. The SMILES string of the molecule is CCCCCCCCCCN(CCS(=O)(=O)O)CCS(=O)(=O)O. The highest BCUT2D eigenvalue weighted by atomic mass is 32.2. The molecule has 0 amide bonds. The monoisotopic (exact) mass is 373 g/mol. The predicted octanol–water partition coefficient (Wildman–Crippen LogP) is 2.20. The minimum atomic E-state index is -4.07. The fourth-order valence-corrected chi connectivity index (χ4v) is 3.27. The van der Waals surface area contributed by atoms with Crippen LogP contribution in [0.25, 0.3) is 0 Å². The molecule has 7 nitrogen and oxygen atoms in total. The van der Waals surface area contributed by atoms with E-state index in [1.807, 2.05) is 0 Å². The summed E-state index contributed by atoms with van der Waals surface area (Å²) in [6.45, 7) is 2.85. The molecular formula is C14H31NO6S2. The van der Waals surface area contributed by atoms with E-state index in [1.54, 1.807) is 4.90 Å². The van der Waals surface area contributed by atoms with Gasteiger partial charge >= 0.3 is 0 Å². The van der Waals surface area contributed by atoms with Crippen molar-refractivity contribution in [1.29, 1.82) is 0 Å². The van der Waals surface area contributed by atoms with Crippen LogP contribution in [0, 0.1) is 0 Å². The van der Waals surface area contributed by atoms with Crippen LogP contribution >= 0.6 is 0 Å². The number of nitrogens with zero attached hydrogens (tertiary/aromatic N) is 1. The van der Waals surface area contributed by atoms with Crippen LogP contribution in [0.2, 0.25) is 0 Å². The Hall–Kier alpha value is -0.220. The summed E-state index contributed by atoms with van der Waals surface area (Å²) in [4.78, 5) is 1.65. The molecule has 0 aliphatic carbocycles. The molecule has 0 saturated heterocycles. The lowest BCUT2D eigenvalue weighted by atomic mass is 10.1. The van der Waals surface area contributed by atoms with E-state index in [0.717, 1.165) is 19.3 Å². The summed E-state index contributed by atoms with van der Waals surface area (Å²) < 4.78 is 60.8. The van der Waals surface area contributed by atoms with Crippen LogP contribution in [-0.2, 0) is 20.2 Å². The maximum absolute atomic E-state index is 10.8.